The summed E-state index contributed by atoms with van der Waals surface area (Å²) < 4.78 is 7.34. The first-order valence-electron chi connectivity index (χ1n) is 9.44. The number of nitrogens with zero attached hydrogens (tertiary/aromatic N) is 4. The number of hydrogen-bond acceptors (Lipinski definition) is 5. The zero-order chi connectivity index (χ0) is 19.1. The smallest absolute Gasteiger partial charge is 0.259 e. The molecule has 0 amide bonds. The van der Waals surface area contributed by atoms with Gasteiger partial charge in [-0.3, -0.25) is 9.69 Å². The standard InChI is InChI=1S/C21H21N5O2.ClH/c1-14-9-15(12-25-5-7-28-8-6-25)10-17-19(14)23-20(24-21(17)27)18-11-16-3-2-4-26(16)13-22-18;/h2-4,9-11,13H,5-8,12H2,1H3,(H,23,24,27);1H. The average molecular weight is 412 g/mol. The minimum atomic E-state index is -0.135. The molecule has 7 nitrogen and oxygen atoms in total. The van der Waals surface area contributed by atoms with Crippen LogP contribution < -0.4 is 5.56 Å². The number of fused-ring (bicyclic) bond motifs is 2. The Morgan fingerprint density at radius 3 is 2.86 bits per heavy atom. The van der Waals surface area contributed by atoms with E-state index in [0.717, 1.165) is 55.0 Å². The summed E-state index contributed by atoms with van der Waals surface area (Å²) in [6.07, 6.45) is 3.66. The number of rotatable bonds is 3. The predicted octanol–water partition coefficient (Wildman–Crippen LogP) is 2.80. The van der Waals surface area contributed by atoms with E-state index in [4.69, 9.17) is 9.72 Å². The van der Waals surface area contributed by atoms with Gasteiger partial charge in [-0.1, -0.05) is 6.07 Å². The molecule has 0 atom stereocenters. The van der Waals surface area contributed by atoms with Crippen LogP contribution in [-0.2, 0) is 11.3 Å². The van der Waals surface area contributed by atoms with Crippen LogP contribution in [0.25, 0.3) is 27.9 Å². The first kappa shape index (κ1) is 19.6. The van der Waals surface area contributed by atoms with E-state index in [1.54, 1.807) is 6.33 Å². The summed E-state index contributed by atoms with van der Waals surface area (Å²) in [6.45, 7) is 6.17. The van der Waals surface area contributed by atoms with Crippen molar-refractivity contribution in [2.75, 3.05) is 26.3 Å². The van der Waals surface area contributed by atoms with Crippen molar-refractivity contribution >= 4 is 28.8 Å². The molecule has 1 N–H and O–H groups in total. The Kier molecular flexibility index (Phi) is 5.36. The van der Waals surface area contributed by atoms with Crippen LogP contribution in [0.4, 0.5) is 0 Å². The van der Waals surface area contributed by atoms with Gasteiger partial charge >= 0.3 is 0 Å². The molecule has 1 aliphatic heterocycles. The molecule has 1 saturated heterocycles. The predicted molar refractivity (Wildman–Crippen MR) is 115 cm³/mol. The summed E-state index contributed by atoms with van der Waals surface area (Å²) in [4.78, 5) is 27.2. The van der Waals surface area contributed by atoms with Crippen LogP contribution in [0.3, 0.4) is 0 Å². The number of ether oxygens (including phenoxy) is 1. The van der Waals surface area contributed by atoms with Gasteiger partial charge in [-0.25, -0.2) is 9.97 Å². The van der Waals surface area contributed by atoms with E-state index in [2.05, 4.69) is 20.9 Å². The highest BCUT2D eigenvalue weighted by atomic mass is 35.5. The molecule has 0 spiro atoms. The Labute approximate surface area is 173 Å². The van der Waals surface area contributed by atoms with Crippen molar-refractivity contribution in [1.29, 1.82) is 0 Å². The third kappa shape index (κ3) is 3.76. The fourth-order valence-corrected chi connectivity index (χ4v) is 3.79. The Balaban J connectivity index is 0.00000205. The van der Waals surface area contributed by atoms with Gasteiger partial charge in [0.05, 0.1) is 30.4 Å². The van der Waals surface area contributed by atoms with Crippen LogP contribution in [0.1, 0.15) is 11.1 Å². The lowest BCUT2D eigenvalue weighted by Gasteiger charge is -2.26. The molecule has 0 unspecified atom stereocenters. The first-order chi connectivity index (χ1) is 13.7. The SMILES string of the molecule is Cc1cc(CN2CCOCC2)cc2c(=O)[nH]c(-c3cc4cccn4cn3)nc12.Cl. The largest absolute Gasteiger partial charge is 0.379 e. The molecule has 4 heterocycles. The summed E-state index contributed by atoms with van der Waals surface area (Å²) in [5, 5.41) is 0.621. The van der Waals surface area contributed by atoms with Gasteiger partial charge in [0.25, 0.3) is 5.56 Å². The number of benzene rings is 1. The maximum atomic E-state index is 12.8. The topological polar surface area (TPSA) is 75.5 Å². The molecule has 4 aromatic rings. The number of hydrogen-bond donors (Lipinski definition) is 1. The molecular formula is C21H22ClN5O2. The molecule has 1 aliphatic rings. The lowest BCUT2D eigenvalue weighted by molar-refractivity contribution is 0.0342. The minimum absolute atomic E-state index is 0. The van der Waals surface area contributed by atoms with E-state index >= 15 is 0 Å². The highest BCUT2D eigenvalue weighted by molar-refractivity contribution is 5.85. The normalized spacial score (nSPS) is 14.9. The van der Waals surface area contributed by atoms with Crippen molar-refractivity contribution in [2.24, 2.45) is 0 Å². The Morgan fingerprint density at radius 2 is 2.03 bits per heavy atom. The Morgan fingerprint density at radius 1 is 1.21 bits per heavy atom. The van der Waals surface area contributed by atoms with Crippen LogP contribution in [0.5, 0.6) is 0 Å². The van der Waals surface area contributed by atoms with E-state index in [1.165, 1.54) is 0 Å². The van der Waals surface area contributed by atoms with Crippen LogP contribution in [-0.4, -0.2) is 50.6 Å². The summed E-state index contributed by atoms with van der Waals surface area (Å²) in [6, 6.07) is 9.95. The van der Waals surface area contributed by atoms with Crippen molar-refractivity contribution in [2.45, 2.75) is 13.5 Å². The van der Waals surface area contributed by atoms with E-state index < -0.39 is 0 Å². The number of morpholine rings is 1. The second-order valence-electron chi connectivity index (χ2n) is 7.23. The highest BCUT2D eigenvalue weighted by Crippen LogP contribution is 2.21. The number of H-pyrrole nitrogens is 1. The molecule has 0 bridgehead atoms. The van der Waals surface area contributed by atoms with Gasteiger partial charge in [0.1, 0.15) is 5.69 Å². The van der Waals surface area contributed by atoms with E-state index in [1.807, 2.05) is 41.8 Å². The average Bonchev–Trinajstić information content (AvgIpc) is 3.17. The summed E-state index contributed by atoms with van der Waals surface area (Å²) in [5.74, 6) is 0.491. The highest BCUT2D eigenvalue weighted by Gasteiger charge is 2.14. The monoisotopic (exact) mass is 411 g/mol. The van der Waals surface area contributed by atoms with Gasteiger partial charge < -0.3 is 14.1 Å². The van der Waals surface area contributed by atoms with Crippen molar-refractivity contribution < 1.29 is 4.74 Å². The molecule has 0 radical (unpaired) electrons. The molecule has 0 aliphatic carbocycles. The number of aromatic amines is 1. The number of aromatic nitrogens is 4. The summed E-state index contributed by atoms with van der Waals surface area (Å²) >= 11 is 0. The molecule has 3 aromatic heterocycles. The van der Waals surface area contributed by atoms with Crippen molar-refractivity contribution in [3.63, 3.8) is 0 Å². The van der Waals surface area contributed by atoms with Gasteiger partial charge in [0, 0.05) is 31.3 Å². The van der Waals surface area contributed by atoms with E-state index in [0.29, 0.717) is 16.9 Å². The maximum Gasteiger partial charge on any atom is 0.259 e. The first-order valence-corrected chi connectivity index (χ1v) is 9.44. The molecular weight excluding hydrogens is 390 g/mol. The molecule has 1 fully saturated rings. The third-order valence-corrected chi connectivity index (χ3v) is 5.23. The molecule has 5 rings (SSSR count). The lowest BCUT2D eigenvalue weighted by atomic mass is 10.1. The second kappa shape index (κ2) is 7.94. The molecule has 150 valence electrons. The van der Waals surface area contributed by atoms with Gasteiger partial charge in [0.15, 0.2) is 5.82 Å². The lowest BCUT2D eigenvalue weighted by Crippen LogP contribution is -2.35. The molecule has 8 heteroatoms. The second-order valence-corrected chi connectivity index (χ2v) is 7.23. The zero-order valence-corrected chi connectivity index (χ0v) is 16.9. The van der Waals surface area contributed by atoms with Crippen LogP contribution in [0.2, 0.25) is 0 Å². The van der Waals surface area contributed by atoms with Crippen molar-refractivity contribution in [3.05, 3.63) is 64.3 Å². The quantitative estimate of drug-likeness (QED) is 0.561. The number of nitrogens with one attached hydrogen (secondary N) is 1. The van der Waals surface area contributed by atoms with Gasteiger partial charge in [0.2, 0.25) is 0 Å². The van der Waals surface area contributed by atoms with Crippen molar-refractivity contribution in [1.82, 2.24) is 24.3 Å². The molecule has 1 aromatic carbocycles. The van der Waals surface area contributed by atoms with Crippen molar-refractivity contribution in [3.8, 4) is 11.5 Å². The van der Waals surface area contributed by atoms with Crippen LogP contribution in [0, 0.1) is 6.92 Å². The van der Waals surface area contributed by atoms with Gasteiger partial charge in [-0.15, -0.1) is 12.4 Å². The minimum Gasteiger partial charge on any atom is -0.379 e. The van der Waals surface area contributed by atoms with E-state index in [9.17, 15) is 4.79 Å². The fraction of sp³-hybridized carbons (Fsp3) is 0.286. The molecule has 29 heavy (non-hydrogen) atoms. The number of aryl methyl sites for hydroxylation is 1. The molecule has 0 saturated carbocycles. The summed E-state index contributed by atoms with van der Waals surface area (Å²) in [7, 11) is 0. The van der Waals surface area contributed by atoms with Crippen LogP contribution >= 0.6 is 12.4 Å². The van der Waals surface area contributed by atoms with E-state index in [-0.39, 0.29) is 18.0 Å². The Bertz CT molecular complexity index is 1230. The Hall–Kier alpha value is -2.74. The van der Waals surface area contributed by atoms with Gasteiger partial charge in [-0.05, 0) is 42.3 Å². The fourth-order valence-electron chi connectivity index (χ4n) is 3.79. The third-order valence-electron chi connectivity index (χ3n) is 5.23. The van der Waals surface area contributed by atoms with Crippen LogP contribution in [0.15, 0.2) is 47.7 Å². The summed E-state index contributed by atoms with van der Waals surface area (Å²) in [5.41, 5.74) is 4.37. The zero-order valence-electron chi connectivity index (χ0n) is 16.1. The number of halogens is 1. The maximum absolute atomic E-state index is 12.8. The van der Waals surface area contributed by atoms with Gasteiger partial charge in [-0.2, -0.15) is 0 Å².